The van der Waals surface area contributed by atoms with Crippen LogP contribution in [0.25, 0.3) is 11.0 Å². The molecule has 2 aromatic heterocycles. The van der Waals surface area contributed by atoms with Crippen molar-refractivity contribution in [3.8, 4) is 5.75 Å². The highest BCUT2D eigenvalue weighted by Gasteiger charge is 2.30. The van der Waals surface area contributed by atoms with Gasteiger partial charge in [-0.25, -0.2) is 4.21 Å². The van der Waals surface area contributed by atoms with Crippen LogP contribution in [0.2, 0.25) is 0 Å². The Hall–Kier alpha value is -2.35. The molecule has 1 unspecified atom stereocenters. The van der Waals surface area contributed by atoms with Gasteiger partial charge in [-0.3, -0.25) is 9.40 Å². The van der Waals surface area contributed by atoms with Crippen LogP contribution in [0.1, 0.15) is 18.4 Å². The molecule has 0 radical (unpaired) electrons. The normalized spacial score (nSPS) is 15.7. The van der Waals surface area contributed by atoms with Crippen molar-refractivity contribution in [1.82, 2.24) is 14.9 Å². The number of nitrogens with zero attached hydrogens (tertiary/aromatic N) is 3. The zero-order valence-electron chi connectivity index (χ0n) is 12.6. The van der Waals surface area contributed by atoms with Crippen molar-refractivity contribution in [3.05, 3.63) is 36.2 Å². The molecule has 23 heavy (non-hydrogen) atoms. The summed E-state index contributed by atoms with van der Waals surface area (Å²) in [5.74, 6) is 1.11. The van der Waals surface area contributed by atoms with Crippen LogP contribution >= 0.6 is 0 Å². The van der Waals surface area contributed by atoms with Gasteiger partial charge in [0.1, 0.15) is 22.1 Å². The average molecular weight is 332 g/mol. The zero-order chi connectivity index (χ0) is 15.8. The number of methoxy groups -OCH3 is 1. The van der Waals surface area contributed by atoms with Gasteiger partial charge in [-0.1, -0.05) is 5.16 Å². The molecule has 7 nitrogen and oxygen atoms in total. The lowest BCUT2D eigenvalue weighted by molar-refractivity contribution is 0.418. The Kier molecular flexibility index (Phi) is 3.53. The lowest BCUT2D eigenvalue weighted by Crippen LogP contribution is -2.09. The van der Waals surface area contributed by atoms with E-state index in [2.05, 4.69) is 15.0 Å². The molecule has 1 N–H and O–H groups in total. The number of benzene rings is 1. The fourth-order valence-corrected chi connectivity index (χ4v) is 3.51. The molecule has 0 saturated heterocycles. The first-order valence-electron chi connectivity index (χ1n) is 7.35. The minimum atomic E-state index is -1.13. The van der Waals surface area contributed by atoms with Crippen LogP contribution < -0.4 is 9.46 Å². The lowest BCUT2D eigenvalue weighted by atomic mass is 10.1. The fourth-order valence-electron chi connectivity index (χ4n) is 2.45. The molecule has 8 heteroatoms. The third-order valence-electron chi connectivity index (χ3n) is 3.75. The van der Waals surface area contributed by atoms with E-state index < -0.39 is 11.0 Å². The zero-order valence-corrected chi connectivity index (χ0v) is 13.4. The Morgan fingerprint density at radius 1 is 1.48 bits per heavy atom. The van der Waals surface area contributed by atoms with Gasteiger partial charge in [0.05, 0.1) is 18.9 Å². The van der Waals surface area contributed by atoms with Gasteiger partial charge in [0.15, 0.2) is 11.4 Å². The SMILES string of the molecule is COc1cc(Cn2cccn2)cc2onc(NS(=O)C3CC3)c12. The number of anilines is 1. The summed E-state index contributed by atoms with van der Waals surface area (Å²) in [6.07, 6.45) is 5.60. The Morgan fingerprint density at radius 3 is 3.04 bits per heavy atom. The van der Waals surface area contributed by atoms with Gasteiger partial charge in [0.25, 0.3) is 0 Å². The van der Waals surface area contributed by atoms with Crippen LogP contribution in [0.3, 0.4) is 0 Å². The van der Waals surface area contributed by atoms with E-state index >= 15 is 0 Å². The second kappa shape index (κ2) is 5.69. The molecule has 1 atom stereocenters. The van der Waals surface area contributed by atoms with E-state index in [1.165, 1.54) is 0 Å². The first-order valence-corrected chi connectivity index (χ1v) is 8.57. The second-order valence-corrected chi connectivity index (χ2v) is 6.97. The molecule has 0 aliphatic heterocycles. The Bertz CT molecular complexity index is 855. The number of aromatic nitrogens is 3. The summed E-state index contributed by atoms with van der Waals surface area (Å²) >= 11 is 0. The Balaban J connectivity index is 1.69. The number of fused-ring (bicyclic) bond motifs is 1. The van der Waals surface area contributed by atoms with Crippen LogP contribution in [0.5, 0.6) is 5.75 Å². The standard InChI is InChI=1S/C15H16N4O3S/c1-21-12-7-10(9-19-6-2-5-16-19)8-13-14(12)15(17-22-13)18-23(20)11-3-4-11/h2,5-8,11H,3-4,9H2,1H3,(H,17,18). The molecule has 2 heterocycles. The summed E-state index contributed by atoms with van der Waals surface area (Å²) in [6, 6.07) is 5.70. The van der Waals surface area contributed by atoms with Crippen molar-refractivity contribution in [1.29, 1.82) is 0 Å². The summed E-state index contributed by atoms with van der Waals surface area (Å²) in [6.45, 7) is 0.608. The van der Waals surface area contributed by atoms with Gasteiger partial charge in [-0.15, -0.1) is 0 Å². The first-order chi connectivity index (χ1) is 11.2. The van der Waals surface area contributed by atoms with Gasteiger partial charge < -0.3 is 9.26 Å². The number of hydrogen-bond acceptors (Lipinski definition) is 5. The summed E-state index contributed by atoms with van der Waals surface area (Å²) < 4.78 is 27.7. The maximum atomic E-state index is 12.1. The number of rotatable bonds is 6. The molecule has 0 spiro atoms. The molecule has 0 amide bonds. The van der Waals surface area contributed by atoms with E-state index in [1.807, 2.05) is 29.1 Å². The highest BCUT2D eigenvalue weighted by molar-refractivity contribution is 7.87. The fraction of sp³-hybridized carbons (Fsp3) is 0.333. The predicted octanol–water partition coefficient (Wildman–Crippen LogP) is 2.32. The molecule has 1 fully saturated rings. The van der Waals surface area contributed by atoms with Crippen LogP contribution in [0, 0.1) is 0 Å². The maximum absolute atomic E-state index is 12.1. The van der Waals surface area contributed by atoms with Crippen molar-refractivity contribution in [2.75, 3.05) is 11.8 Å². The largest absolute Gasteiger partial charge is 0.496 e. The maximum Gasteiger partial charge on any atom is 0.192 e. The van der Waals surface area contributed by atoms with Gasteiger partial charge in [-0.2, -0.15) is 5.10 Å². The highest BCUT2D eigenvalue weighted by Crippen LogP contribution is 2.35. The molecule has 1 aromatic carbocycles. The predicted molar refractivity (Wildman–Crippen MR) is 86.7 cm³/mol. The molecule has 1 aliphatic carbocycles. The van der Waals surface area contributed by atoms with Crippen molar-refractivity contribution in [2.45, 2.75) is 24.6 Å². The smallest absolute Gasteiger partial charge is 0.192 e. The summed E-state index contributed by atoms with van der Waals surface area (Å²) in [7, 11) is 0.468. The average Bonchev–Trinajstić information content (AvgIpc) is 3.16. The van der Waals surface area contributed by atoms with Crippen molar-refractivity contribution in [2.24, 2.45) is 0 Å². The monoisotopic (exact) mass is 332 g/mol. The minimum absolute atomic E-state index is 0.215. The Labute approximate surface area is 135 Å². The highest BCUT2D eigenvalue weighted by atomic mass is 32.2. The molecular formula is C15H16N4O3S. The third kappa shape index (κ3) is 2.81. The lowest BCUT2D eigenvalue weighted by Gasteiger charge is -2.07. The van der Waals surface area contributed by atoms with E-state index in [0.717, 1.165) is 18.4 Å². The van der Waals surface area contributed by atoms with E-state index in [9.17, 15) is 4.21 Å². The van der Waals surface area contributed by atoms with Crippen LogP contribution in [0.4, 0.5) is 5.82 Å². The van der Waals surface area contributed by atoms with Crippen molar-refractivity contribution in [3.63, 3.8) is 0 Å². The molecule has 3 aromatic rings. The summed E-state index contributed by atoms with van der Waals surface area (Å²) in [5.41, 5.74) is 1.59. The molecular weight excluding hydrogens is 316 g/mol. The van der Waals surface area contributed by atoms with Gasteiger partial charge >= 0.3 is 0 Å². The summed E-state index contributed by atoms with van der Waals surface area (Å²) in [4.78, 5) is 0. The quantitative estimate of drug-likeness (QED) is 0.749. The first kappa shape index (κ1) is 14.3. The molecule has 0 bridgehead atoms. The topological polar surface area (TPSA) is 82.2 Å². The van der Waals surface area contributed by atoms with Crippen LogP contribution in [-0.4, -0.2) is 31.5 Å². The molecule has 1 aliphatic rings. The summed E-state index contributed by atoms with van der Waals surface area (Å²) in [5, 5.41) is 9.13. The minimum Gasteiger partial charge on any atom is -0.496 e. The van der Waals surface area contributed by atoms with Crippen LogP contribution in [0.15, 0.2) is 35.1 Å². The Morgan fingerprint density at radius 2 is 2.35 bits per heavy atom. The number of ether oxygens (including phenoxy) is 1. The molecule has 1 saturated carbocycles. The van der Waals surface area contributed by atoms with E-state index in [-0.39, 0.29) is 5.25 Å². The molecule has 4 rings (SSSR count). The van der Waals surface area contributed by atoms with E-state index in [1.54, 1.807) is 13.3 Å². The van der Waals surface area contributed by atoms with E-state index in [4.69, 9.17) is 9.26 Å². The third-order valence-corrected chi connectivity index (χ3v) is 5.22. The number of hydrogen-bond donors (Lipinski definition) is 1. The second-order valence-electron chi connectivity index (χ2n) is 5.50. The van der Waals surface area contributed by atoms with Gasteiger partial charge in [-0.05, 0) is 36.6 Å². The van der Waals surface area contributed by atoms with E-state index in [0.29, 0.717) is 29.1 Å². The van der Waals surface area contributed by atoms with Crippen LogP contribution in [-0.2, 0) is 17.5 Å². The van der Waals surface area contributed by atoms with Crippen molar-refractivity contribution >= 4 is 27.8 Å². The van der Waals surface area contributed by atoms with Gasteiger partial charge in [0.2, 0.25) is 0 Å². The molecule has 120 valence electrons. The van der Waals surface area contributed by atoms with Crippen molar-refractivity contribution < 1.29 is 13.5 Å². The van der Waals surface area contributed by atoms with Gasteiger partial charge in [0, 0.05) is 12.4 Å². The number of nitrogens with one attached hydrogen (secondary N) is 1.